The van der Waals surface area contributed by atoms with E-state index in [-0.39, 0.29) is 4.99 Å². The van der Waals surface area contributed by atoms with Crippen molar-refractivity contribution in [1.82, 2.24) is 9.97 Å². The van der Waals surface area contributed by atoms with Crippen molar-refractivity contribution in [3.05, 3.63) is 39.5 Å². The zero-order valence-corrected chi connectivity index (χ0v) is 11.9. The van der Waals surface area contributed by atoms with E-state index < -0.39 is 0 Å². The molecule has 0 aliphatic heterocycles. The van der Waals surface area contributed by atoms with Gasteiger partial charge >= 0.3 is 0 Å². The fourth-order valence-corrected chi connectivity index (χ4v) is 2.56. The average Bonchev–Trinajstić information content (AvgIpc) is 2.67. The summed E-state index contributed by atoms with van der Waals surface area (Å²) >= 11 is 6.61. The van der Waals surface area contributed by atoms with Crippen LogP contribution in [-0.2, 0) is 6.54 Å². The molecule has 2 aromatic heterocycles. The zero-order valence-electron chi connectivity index (χ0n) is 10.2. The molecule has 0 bridgehead atoms. The first-order valence-electron chi connectivity index (χ1n) is 5.48. The summed E-state index contributed by atoms with van der Waals surface area (Å²) in [5.74, 6) is 0.721. The minimum absolute atomic E-state index is 0.263. The highest BCUT2D eigenvalue weighted by Gasteiger charge is 2.03. The number of hydrogen-bond donors (Lipinski definition) is 2. The summed E-state index contributed by atoms with van der Waals surface area (Å²) in [6.07, 6.45) is 3.22. The van der Waals surface area contributed by atoms with Crippen LogP contribution in [-0.4, -0.2) is 15.0 Å². The quantitative estimate of drug-likeness (QED) is 0.841. The molecule has 0 amide bonds. The van der Waals surface area contributed by atoms with Crippen LogP contribution in [0.5, 0.6) is 0 Å². The van der Waals surface area contributed by atoms with Crippen molar-refractivity contribution in [2.24, 2.45) is 5.73 Å². The third-order valence-electron chi connectivity index (χ3n) is 2.57. The second-order valence-corrected chi connectivity index (χ2v) is 5.74. The Morgan fingerprint density at radius 1 is 1.39 bits per heavy atom. The van der Waals surface area contributed by atoms with Crippen LogP contribution in [0.1, 0.15) is 21.0 Å². The topological polar surface area (TPSA) is 63.8 Å². The number of rotatable bonds is 4. The Morgan fingerprint density at radius 2 is 2.17 bits per heavy atom. The molecule has 0 saturated heterocycles. The van der Waals surface area contributed by atoms with Crippen LogP contribution in [0, 0.1) is 13.8 Å². The highest BCUT2D eigenvalue weighted by Crippen LogP contribution is 2.21. The fourth-order valence-electron chi connectivity index (χ4n) is 1.46. The van der Waals surface area contributed by atoms with E-state index in [4.69, 9.17) is 18.0 Å². The Kier molecular flexibility index (Phi) is 3.88. The summed E-state index contributed by atoms with van der Waals surface area (Å²) in [6.45, 7) is 4.99. The van der Waals surface area contributed by atoms with Crippen LogP contribution >= 0.6 is 23.6 Å². The number of anilines is 1. The molecule has 4 nitrogen and oxygen atoms in total. The molecule has 0 spiro atoms. The summed E-state index contributed by atoms with van der Waals surface area (Å²) in [7, 11) is 0. The van der Waals surface area contributed by atoms with Gasteiger partial charge in [-0.05, 0) is 25.5 Å². The van der Waals surface area contributed by atoms with Crippen molar-refractivity contribution in [3.63, 3.8) is 0 Å². The Labute approximate surface area is 115 Å². The Hall–Kier alpha value is -1.53. The highest BCUT2D eigenvalue weighted by atomic mass is 32.1. The van der Waals surface area contributed by atoms with Gasteiger partial charge in [0, 0.05) is 9.75 Å². The molecule has 0 atom stereocenters. The van der Waals surface area contributed by atoms with Crippen molar-refractivity contribution in [1.29, 1.82) is 0 Å². The van der Waals surface area contributed by atoms with E-state index in [9.17, 15) is 0 Å². The van der Waals surface area contributed by atoms with E-state index in [0.29, 0.717) is 5.69 Å². The van der Waals surface area contributed by atoms with Gasteiger partial charge < -0.3 is 11.1 Å². The van der Waals surface area contributed by atoms with E-state index in [1.165, 1.54) is 15.3 Å². The number of nitrogens with one attached hydrogen (secondary N) is 1. The van der Waals surface area contributed by atoms with Crippen LogP contribution < -0.4 is 11.1 Å². The predicted octanol–water partition coefficient (Wildman–Crippen LogP) is 2.40. The van der Waals surface area contributed by atoms with Crippen molar-refractivity contribution in [2.75, 3.05) is 5.32 Å². The smallest absolute Gasteiger partial charge is 0.144 e. The lowest BCUT2D eigenvalue weighted by atomic mass is 10.3. The number of thiocarbonyl (C=S) groups is 1. The van der Waals surface area contributed by atoms with Crippen LogP contribution in [0.4, 0.5) is 5.82 Å². The lowest BCUT2D eigenvalue weighted by Gasteiger charge is -2.03. The summed E-state index contributed by atoms with van der Waals surface area (Å²) in [6, 6.07) is 2.18. The van der Waals surface area contributed by atoms with E-state index in [1.54, 1.807) is 23.7 Å². The number of thiophene rings is 1. The van der Waals surface area contributed by atoms with Gasteiger partial charge in [0.15, 0.2) is 0 Å². The monoisotopic (exact) mass is 278 g/mol. The van der Waals surface area contributed by atoms with E-state index in [2.05, 4.69) is 35.2 Å². The molecule has 2 aromatic rings. The van der Waals surface area contributed by atoms with Gasteiger partial charge in [-0.3, -0.25) is 0 Å². The van der Waals surface area contributed by atoms with Crippen molar-refractivity contribution < 1.29 is 0 Å². The largest absolute Gasteiger partial charge is 0.388 e. The molecule has 2 heterocycles. The summed E-state index contributed by atoms with van der Waals surface area (Å²) in [4.78, 5) is 11.2. The maximum atomic E-state index is 5.46. The fraction of sp³-hybridized carbons (Fsp3) is 0.250. The van der Waals surface area contributed by atoms with Crippen LogP contribution in [0.3, 0.4) is 0 Å². The van der Waals surface area contributed by atoms with E-state index in [0.717, 1.165) is 12.4 Å². The minimum Gasteiger partial charge on any atom is -0.388 e. The molecule has 0 unspecified atom stereocenters. The zero-order chi connectivity index (χ0) is 13.1. The van der Waals surface area contributed by atoms with E-state index in [1.807, 2.05) is 0 Å². The number of aromatic nitrogens is 2. The first kappa shape index (κ1) is 12.9. The van der Waals surface area contributed by atoms with Gasteiger partial charge in [-0.25, -0.2) is 9.97 Å². The highest BCUT2D eigenvalue weighted by molar-refractivity contribution is 7.80. The Bertz CT molecular complexity index is 540. The maximum absolute atomic E-state index is 5.46. The molecular weight excluding hydrogens is 264 g/mol. The minimum atomic E-state index is 0.263. The number of nitrogens with zero attached hydrogens (tertiary/aromatic N) is 2. The van der Waals surface area contributed by atoms with Crippen molar-refractivity contribution in [2.45, 2.75) is 20.4 Å². The number of nitrogens with two attached hydrogens (primary N) is 1. The third-order valence-corrected chi connectivity index (χ3v) is 3.93. The van der Waals surface area contributed by atoms with Crippen LogP contribution in [0.2, 0.25) is 0 Å². The normalized spacial score (nSPS) is 10.3. The second-order valence-electron chi connectivity index (χ2n) is 3.96. The first-order chi connectivity index (χ1) is 8.56. The SMILES string of the molecule is Cc1cc(CNc2cnc(C(N)=S)cn2)sc1C. The molecule has 3 N–H and O–H groups in total. The summed E-state index contributed by atoms with van der Waals surface area (Å²) in [5.41, 5.74) is 7.32. The molecule has 2 rings (SSSR count). The van der Waals surface area contributed by atoms with Gasteiger partial charge in [0.1, 0.15) is 16.5 Å². The van der Waals surface area contributed by atoms with E-state index >= 15 is 0 Å². The molecule has 0 radical (unpaired) electrons. The Morgan fingerprint density at radius 3 is 2.67 bits per heavy atom. The molecule has 6 heteroatoms. The lowest BCUT2D eigenvalue weighted by Crippen LogP contribution is -2.12. The van der Waals surface area contributed by atoms with Gasteiger partial charge in [-0.1, -0.05) is 12.2 Å². The molecule has 18 heavy (non-hydrogen) atoms. The van der Waals surface area contributed by atoms with Gasteiger partial charge in [-0.2, -0.15) is 0 Å². The predicted molar refractivity (Wildman–Crippen MR) is 79.0 cm³/mol. The summed E-state index contributed by atoms with van der Waals surface area (Å²) in [5, 5.41) is 3.22. The van der Waals surface area contributed by atoms with Crippen LogP contribution in [0.15, 0.2) is 18.5 Å². The number of hydrogen-bond acceptors (Lipinski definition) is 5. The standard InChI is InChI=1S/C12H14N4S2/c1-7-3-9(18-8(7)2)4-15-11-6-14-10(5-16-11)12(13)17/h3,5-6H,4H2,1-2H3,(H2,13,17)(H,15,16). The summed E-state index contributed by atoms with van der Waals surface area (Å²) < 4.78 is 0. The molecule has 0 aliphatic rings. The third kappa shape index (κ3) is 3.02. The molecule has 0 aliphatic carbocycles. The molecule has 94 valence electrons. The molecule has 0 fully saturated rings. The molecule has 0 aromatic carbocycles. The van der Waals surface area contributed by atoms with Gasteiger partial charge in [0.2, 0.25) is 0 Å². The molecule has 0 saturated carbocycles. The molecular formula is C12H14N4S2. The van der Waals surface area contributed by atoms with Gasteiger partial charge in [0.05, 0.1) is 18.9 Å². The number of aryl methyl sites for hydroxylation is 2. The average molecular weight is 278 g/mol. The van der Waals surface area contributed by atoms with Crippen LogP contribution in [0.25, 0.3) is 0 Å². The maximum Gasteiger partial charge on any atom is 0.144 e. The van der Waals surface area contributed by atoms with Crippen molar-refractivity contribution >= 4 is 34.4 Å². The van der Waals surface area contributed by atoms with Gasteiger partial charge in [-0.15, -0.1) is 11.3 Å². The van der Waals surface area contributed by atoms with Gasteiger partial charge in [0.25, 0.3) is 0 Å². The Balaban J connectivity index is 2.00. The first-order valence-corrected chi connectivity index (χ1v) is 6.70. The second kappa shape index (κ2) is 5.41. The lowest BCUT2D eigenvalue weighted by molar-refractivity contribution is 1.10. The van der Waals surface area contributed by atoms with Crippen molar-refractivity contribution in [3.8, 4) is 0 Å².